The molecule has 0 atom stereocenters. The molecule has 0 aliphatic heterocycles. The van der Waals surface area contributed by atoms with E-state index in [1.54, 1.807) is 0 Å². The van der Waals surface area contributed by atoms with Crippen LogP contribution in [0.2, 0.25) is 0 Å². The molecule has 4 rings (SSSR count). The van der Waals surface area contributed by atoms with Crippen LogP contribution in [0.25, 0.3) is 16.6 Å². The number of hydrogen-bond acceptors (Lipinski definition) is 4. The Balaban J connectivity index is 1.56. The second kappa shape index (κ2) is 7.04. The average Bonchev–Trinajstić information content (AvgIpc) is 3.06. The van der Waals surface area contributed by atoms with Gasteiger partial charge in [0.1, 0.15) is 0 Å². The molecule has 0 bridgehead atoms. The minimum atomic E-state index is -0.0589. The predicted octanol–water partition coefficient (Wildman–Crippen LogP) is 4.54. The van der Waals surface area contributed by atoms with Gasteiger partial charge in [0.2, 0.25) is 5.91 Å². The number of thioether (sulfide) groups is 1. The maximum atomic E-state index is 12.4. The molecule has 2 heterocycles. The van der Waals surface area contributed by atoms with Crippen molar-refractivity contribution in [3.63, 3.8) is 0 Å². The number of amides is 1. The Morgan fingerprint density at radius 3 is 2.63 bits per heavy atom. The molecule has 0 saturated carbocycles. The minimum Gasteiger partial charge on any atom is -0.325 e. The summed E-state index contributed by atoms with van der Waals surface area (Å²) in [5.74, 6) is 0.215. The van der Waals surface area contributed by atoms with E-state index >= 15 is 0 Å². The number of benzene rings is 2. The monoisotopic (exact) mass is 376 g/mol. The molecule has 0 radical (unpaired) electrons. The summed E-state index contributed by atoms with van der Waals surface area (Å²) >= 11 is 1.39. The number of hydrogen-bond donors (Lipinski definition) is 1. The Kier molecular flexibility index (Phi) is 4.58. The first-order valence-electron chi connectivity index (χ1n) is 8.76. The lowest BCUT2D eigenvalue weighted by Crippen LogP contribution is -2.14. The zero-order valence-corrected chi connectivity index (χ0v) is 16.3. The summed E-state index contributed by atoms with van der Waals surface area (Å²) in [5.41, 5.74) is 6.19. The SMILES string of the molecule is Cc1ccc(NC(=O)CSc2nnc3cc(C)c4ccccc4n23)cc1C. The zero-order chi connectivity index (χ0) is 19.0. The molecular weight excluding hydrogens is 356 g/mol. The lowest BCUT2D eigenvalue weighted by molar-refractivity contribution is -0.113. The quantitative estimate of drug-likeness (QED) is 0.531. The van der Waals surface area contributed by atoms with Crippen molar-refractivity contribution in [3.8, 4) is 0 Å². The van der Waals surface area contributed by atoms with E-state index in [9.17, 15) is 4.79 Å². The maximum absolute atomic E-state index is 12.4. The average molecular weight is 376 g/mol. The first-order valence-corrected chi connectivity index (χ1v) is 9.75. The van der Waals surface area contributed by atoms with Crippen molar-refractivity contribution < 1.29 is 4.79 Å². The Bertz CT molecular complexity index is 1170. The van der Waals surface area contributed by atoms with Crippen LogP contribution < -0.4 is 5.32 Å². The van der Waals surface area contributed by atoms with Crippen LogP contribution in [0.4, 0.5) is 5.69 Å². The first-order chi connectivity index (χ1) is 13.0. The highest BCUT2D eigenvalue weighted by atomic mass is 32.2. The molecule has 4 aromatic rings. The largest absolute Gasteiger partial charge is 0.325 e. The molecule has 1 N–H and O–H groups in total. The van der Waals surface area contributed by atoms with E-state index in [2.05, 4.69) is 41.5 Å². The number of pyridine rings is 1. The predicted molar refractivity (Wildman–Crippen MR) is 110 cm³/mol. The van der Waals surface area contributed by atoms with Gasteiger partial charge in [-0.3, -0.25) is 9.20 Å². The summed E-state index contributed by atoms with van der Waals surface area (Å²) in [4.78, 5) is 12.4. The summed E-state index contributed by atoms with van der Waals surface area (Å²) in [7, 11) is 0. The van der Waals surface area contributed by atoms with Gasteiger partial charge < -0.3 is 5.32 Å². The fourth-order valence-electron chi connectivity index (χ4n) is 3.11. The maximum Gasteiger partial charge on any atom is 0.234 e. The van der Waals surface area contributed by atoms with Gasteiger partial charge in [-0.1, -0.05) is 36.0 Å². The highest BCUT2D eigenvalue weighted by Crippen LogP contribution is 2.25. The molecule has 5 nitrogen and oxygen atoms in total. The van der Waals surface area contributed by atoms with Crippen molar-refractivity contribution in [2.45, 2.75) is 25.9 Å². The Hall–Kier alpha value is -2.86. The number of para-hydroxylation sites is 1. The van der Waals surface area contributed by atoms with Gasteiger partial charge in [-0.2, -0.15) is 0 Å². The Morgan fingerprint density at radius 2 is 1.81 bits per heavy atom. The molecule has 0 unspecified atom stereocenters. The minimum absolute atomic E-state index is 0.0589. The van der Waals surface area contributed by atoms with Crippen molar-refractivity contribution in [1.29, 1.82) is 0 Å². The lowest BCUT2D eigenvalue weighted by atomic mass is 10.1. The summed E-state index contributed by atoms with van der Waals surface area (Å²) < 4.78 is 2.01. The number of carbonyl (C=O) groups is 1. The van der Waals surface area contributed by atoms with E-state index in [0.717, 1.165) is 38.5 Å². The first kappa shape index (κ1) is 17.5. The Labute approximate surface area is 161 Å². The van der Waals surface area contributed by atoms with E-state index in [-0.39, 0.29) is 11.7 Å². The van der Waals surface area contributed by atoms with Crippen molar-refractivity contribution in [3.05, 3.63) is 65.2 Å². The van der Waals surface area contributed by atoms with Crippen LogP contribution in [0.1, 0.15) is 16.7 Å². The van der Waals surface area contributed by atoms with Crippen LogP contribution in [0.5, 0.6) is 0 Å². The van der Waals surface area contributed by atoms with Gasteiger partial charge >= 0.3 is 0 Å². The number of rotatable bonds is 4. The van der Waals surface area contributed by atoms with Crippen LogP contribution >= 0.6 is 11.8 Å². The third-order valence-electron chi connectivity index (χ3n) is 4.70. The van der Waals surface area contributed by atoms with E-state index in [4.69, 9.17) is 0 Å². The van der Waals surface area contributed by atoms with E-state index < -0.39 is 0 Å². The van der Waals surface area contributed by atoms with Crippen LogP contribution in [-0.2, 0) is 4.79 Å². The summed E-state index contributed by atoms with van der Waals surface area (Å²) in [6.45, 7) is 6.16. The standard InChI is InChI=1S/C21H20N4OS/c1-13-8-9-16(10-14(13)2)22-20(26)12-27-21-24-23-19-11-15(3)17-6-4-5-7-18(17)25(19)21/h4-11H,12H2,1-3H3,(H,22,26). The second-order valence-corrected chi connectivity index (χ2v) is 7.60. The van der Waals surface area contributed by atoms with Crippen molar-refractivity contribution in [1.82, 2.24) is 14.6 Å². The van der Waals surface area contributed by atoms with Crippen molar-refractivity contribution in [2.75, 3.05) is 11.1 Å². The summed E-state index contributed by atoms with van der Waals surface area (Å²) in [6, 6.07) is 16.1. The molecule has 0 aliphatic rings. The molecular formula is C21H20N4OS. The Morgan fingerprint density at radius 1 is 1.00 bits per heavy atom. The van der Waals surface area contributed by atoms with Gasteiger partial charge in [0, 0.05) is 11.1 Å². The van der Waals surface area contributed by atoms with E-state index in [1.165, 1.54) is 17.3 Å². The number of nitrogens with one attached hydrogen (secondary N) is 1. The number of nitrogens with zero attached hydrogens (tertiary/aromatic N) is 3. The normalized spacial score (nSPS) is 11.2. The van der Waals surface area contributed by atoms with E-state index in [0.29, 0.717) is 0 Å². The van der Waals surface area contributed by atoms with Gasteiger partial charge in [0.05, 0.1) is 11.3 Å². The molecule has 0 fully saturated rings. The molecule has 6 heteroatoms. The van der Waals surface area contributed by atoms with Crippen LogP contribution in [-0.4, -0.2) is 26.3 Å². The molecule has 0 aliphatic carbocycles. The zero-order valence-electron chi connectivity index (χ0n) is 15.5. The molecule has 0 saturated heterocycles. The number of carbonyl (C=O) groups excluding carboxylic acids is 1. The van der Waals surface area contributed by atoms with Gasteiger partial charge in [-0.25, -0.2) is 0 Å². The van der Waals surface area contributed by atoms with Crippen LogP contribution in [0, 0.1) is 20.8 Å². The molecule has 27 heavy (non-hydrogen) atoms. The molecule has 1 amide bonds. The summed E-state index contributed by atoms with van der Waals surface area (Å²) in [5, 5.41) is 13.4. The molecule has 136 valence electrons. The third-order valence-corrected chi connectivity index (χ3v) is 5.63. The van der Waals surface area contributed by atoms with Gasteiger partial charge in [0.15, 0.2) is 10.8 Å². The van der Waals surface area contributed by atoms with Gasteiger partial charge in [-0.05, 0) is 61.7 Å². The van der Waals surface area contributed by atoms with Crippen LogP contribution in [0.15, 0.2) is 53.7 Å². The van der Waals surface area contributed by atoms with Gasteiger partial charge in [0.25, 0.3) is 0 Å². The summed E-state index contributed by atoms with van der Waals surface area (Å²) in [6.07, 6.45) is 0. The van der Waals surface area contributed by atoms with Crippen LogP contribution in [0.3, 0.4) is 0 Å². The number of anilines is 1. The molecule has 2 aromatic carbocycles. The number of fused-ring (bicyclic) bond motifs is 3. The lowest BCUT2D eigenvalue weighted by Gasteiger charge is -2.08. The smallest absolute Gasteiger partial charge is 0.234 e. The van der Waals surface area contributed by atoms with Gasteiger partial charge in [-0.15, -0.1) is 10.2 Å². The fraction of sp³-hybridized carbons (Fsp3) is 0.190. The highest BCUT2D eigenvalue weighted by Gasteiger charge is 2.13. The highest BCUT2D eigenvalue weighted by molar-refractivity contribution is 7.99. The fourth-order valence-corrected chi connectivity index (χ4v) is 3.87. The topological polar surface area (TPSA) is 59.3 Å². The molecule has 2 aromatic heterocycles. The second-order valence-electron chi connectivity index (χ2n) is 6.66. The molecule has 0 spiro atoms. The van der Waals surface area contributed by atoms with Crippen molar-refractivity contribution in [2.24, 2.45) is 0 Å². The number of aryl methyl sites for hydroxylation is 3. The van der Waals surface area contributed by atoms with Crippen molar-refractivity contribution >= 4 is 39.9 Å². The number of aromatic nitrogens is 3. The van der Waals surface area contributed by atoms with E-state index in [1.807, 2.05) is 47.7 Å². The third kappa shape index (κ3) is 3.40.